The van der Waals surface area contributed by atoms with Gasteiger partial charge in [-0.2, -0.15) is 11.8 Å². The van der Waals surface area contributed by atoms with Crippen molar-refractivity contribution in [3.63, 3.8) is 0 Å². The van der Waals surface area contributed by atoms with Crippen LogP contribution in [0.4, 0.5) is 0 Å². The molecule has 120 valence electrons. The van der Waals surface area contributed by atoms with Gasteiger partial charge < -0.3 is 5.32 Å². The molecule has 0 aromatic rings. The molecule has 1 fully saturated rings. The first-order chi connectivity index (χ1) is 9.54. The third-order valence-corrected chi connectivity index (χ3v) is 6.83. The minimum atomic E-state index is -3.12. The van der Waals surface area contributed by atoms with E-state index in [1.165, 1.54) is 19.3 Å². The number of hydrogen-bond acceptors (Lipinski definition) is 4. The highest BCUT2D eigenvalue weighted by Crippen LogP contribution is 2.38. The molecule has 0 aromatic carbocycles. The fraction of sp³-hybridized carbons (Fsp3) is 1.00. The molecule has 1 aliphatic carbocycles. The molecule has 0 saturated heterocycles. The number of thioether (sulfide) groups is 1. The van der Waals surface area contributed by atoms with Gasteiger partial charge in [-0.1, -0.05) is 26.2 Å². The van der Waals surface area contributed by atoms with Gasteiger partial charge in [0.15, 0.2) is 0 Å². The minimum Gasteiger partial charge on any atom is -0.317 e. The summed E-state index contributed by atoms with van der Waals surface area (Å²) in [6.45, 7) is 4.45. The van der Waals surface area contributed by atoms with Crippen LogP contribution in [0, 0.1) is 0 Å². The lowest BCUT2D eigenvalue weighted by atomic mass is 9.88. The van der Waals surface area contributed by atoms with Crippen molar-refractivity contribution >= 4 is 21.8 Å². The summed E-state index contributed by atoms with van der Waals surface area (Å²) in [6.07, 6.45) is 9.88. The Morgan fingerprint density at radius 3 is 2.45 bits per heavy atom. The van der Waals surface area contributed by atoms with Crippen molar-refractivity contribution in [2.75, 3.05) is 31.6 Å². The van der Waals surface area contributed by atoms with Gasteiger partial charge in [-0.15, -0.1) is 0 Å². The van der Waals surface area contributed by atoms with Crippen molar-refractivity contribution in [3.05, 3.63) is 0 Å². The molecule has 1 aliphatic rings. The zero-order valence-electron chi connectivity index (χ0n) is 12.9. The summed E-state index contributed by atoms with van der Waals surface area (Å²) >= 11 is 1.83. The highest BCUT2D eigenvalue weighted by Gasteiger charge is 2.32. The van der Waals surface area contributed by atoms with Crippen molar-refractivity contribution in [2.24, 2.45) is 0 Å². The molecule has 4 nitrogen and oxygen atoms in total. The first-order valence-electron chi connectivity index (χ1n) is 7.77. The maximum Gasteiger partial charge on any atom is 0.211 e. The number of nitrogens with one attached hydrogen (secondary N) is 2. The predicted molar refractivity (Wildman–Crippen MR) is 88.9 cm³/mol. The van der Waals surface area contributed by atoms with Crippen LogP contribution in [0.5, 0.6) is 0 Å². The second-order valence-electron chi connectivity index (χ2n) is 5.69. The Labute approximate surface area is 128 Å². The van der Waals surface area contributed by atoms with Gasteiger partial charge >= 0.3 is 0 Å². The third-order valence-electron chi connectivity index (χ3n) is 4.01. The van der Waals surface area contributed by atoms with Crippen LogP contribution in [0.2, 0.25) is 0 Å². The Bertz CT molecular complexity index is 352. The van der Waals surface area contributed by atoms with Crippen LogP contribution < -0.4 is 10.0 Å². The van der Waals surface area contributed by atoms with Crippen molar-refractivity contribution in [3.8, 4) is 0 Å². The average molecular weight is 323 g/mol. The third kappa shape index (κ3) is 6.78. The molecule has 1 rings (SSSR count). The van der Waals surface area contributed by atoms with Gasteiger partial charge in [-0.05, 0) is 45.0 Å². The number of rotatable bonds is 10. The van der Waals surface area contributed by atoms with Crippen LogP contribution in [-0.4, -0.2) is 44.8 Å². The van der Waals surface area contributed by atoms with E-state index in [1.54, 1.807) is 0 Å². The van der Waals surface area contributed by atoms with Crippen LogP contribution in [0.25, 0.3) is 0 Å². The molecule has 0 aromatic heterocycles. The summed E-state index contributed by atoms with van der Waals surface area (Å²) < 4.78 is 27.0. The van der Waals surface area contributed by atoms with Gasteiger partial charge in [-0.25, -0.2) is 13.1 Å². The van der Waals surface area contributed by atoms with Crippen LogP contribution in [0.1, 0.15) is 51.9 Å². The summed E-state index contributed by atoms with van der Waals surface area (Å²) in [5.41, 5.74) is 0. The Morgan fingerprint density at radius 1 is 1.15 bits per heavy atom. The van der Waals surface area contributed by atoms with Gasteiger partial charge in [0.1, 0.15) is 0 Å². The summed E-state index contributed by atoms with van der Waals surface area (Å²) in [7, 11) is -3.12. The average Bonchev–Trinajstić information content (AvgIpc) is 2.46. The van der Waals surface area contributed by atoms with E-state index in [9.17, 15) is 8.42 Å². The minimum absolute atomic E-state index is 0.131. The first-order valence-corrected chi connectivity index (χ1v) is 10.6. The molecule has 1 saturated carbocycles. The lowest BCUT2D eigenvalue weighted by Gasteiger charge is -2.35. The van der Waals surface area contributed by atoms with E-state index in [2.05, 4.69) is 23.2 Å². The lowest BCUT2D eigenvalue weighted by Crippen LogP contribution is -2.42. The van der Waals surface area contributed by atoms with Gasteiger partial charge in [-0.3, -0.25) is 0 Å². The second kappa shape index (κ2) is 9.28. The molecule has 20 heavy (non-hydrogen) atoms. The molecule has 0 spiro atoms. The zero-order chi connectivity index (χ0) is 14.9. The zero-order valence-corrected chi connectivity index (χ0v) is 14.5. The van der Waals surface area contributed by atoms with Crippen molar-refractivity contribution in [1.82, 2.24) is 10.0 Å². The highest BCUT2D eigenvalue weighted by atomic mass is 32.2. The van der Waals surface area contributed by atoms with E-state index in [1.807, 2.05) is 11.8 Å². The largest absolute Gasteiger partial charge is 0.317 e. The fourth-order valence-electron chi connectivity index (χ4n) is 2.65. The van der Waals surface area contributed by atoms with Gasteiger partial charge in [0.2, 0.25) is 10.0 Å². The Balaban J connectivity index is 2.30. The molecule has 0 amide bonds. The summed E-state index contributed by atoms with van der Waals surface area (Å²) in [6, 6.07) is 0. The normalized spacial score (nSPS) is 19.1. The van der Waals surface area contributed by atoms with E-state index >= 15 is 0 Å². The van der Waals surface area contributed by atoms with Gasteiger partial charge in [0.05, 0.1) is 5.75 Å². The number of sulfonamides is 1. The van der Waals surface area contributed by atoms with E-state index in [4.69, 9.17) is 0 Å². The maximum atomic E-state index is 12.0. The van der Waals surface area contributed by atoms with Gasteiger partial charge in [0.25, 0.3) is 0 Å². The summed E-state index contributed by atoms with van der Waals surface area (Å²) in [4.78, 5) is 0. The van der Waals surface area contributed by atoms with E-state index < -0.39 is 10.0 Å². The van der Waals surface area contributed by atoms with Crippen molar-refractivity contribution in [2.45, 2.75) is 56.6 Å². The van der Waals surface area contributed by atoms with Crippen LogP contribution >= 0.6 is 11.8 Å². The fourth-order valence-corrected chi connectivity index (χ4v) is 4.82. The van der Waals surface area contributed by atoms with Gasteiger partial charge in [0, 0.05) is 11.3 Å². The van der Waals surface area contributed by atoms with Crippen molar-refractivity contribution < 1.29 is 8.42 Å². The number of hydrogen-bond donors (Lipinski definition) is 2. The van der Waals surface area contributed by atoms with Crippen LogP contribution in [0.15, 0.2) is 0 Å². The molecular formula is C14H30N2O2S2. The smallest absolute Gasteiger partial charge is 0.211 e. The molecular weight excluding hydrogens is 292 g/mol. The highest BCUT2D eigenvalue weighted by molar-refractivity contribution is 8.00. The van der Waals surface area contributed by atoms with Crippen LogP contribution in [0.3, 0.4) is 0 Å². The Morgan fingerprint density at radius 2 is 1.85 bits per heavy atom. The van der Waals surface area contributed by atoms with E-state index in [0.29, 0.717) is 13.0 Å². The standard InChI is InChI=1S/C14H30N2O2S2/c1-3-10-15-11-7-12-20(17,18)16-13-14(19-2)8-5-4-6-9-14/h15-16H,3-13H2,1-2H3. The monoisotopic (exact) mass is 322 g/mol. The quantitative estimate of drug-likeness (QED) is 0.606. The molecule has 0 radical (unpaired) electrons. The molecule has 2 N–H and O–H groups in total. The first kappa shape index (κ1) is 18.3. The lowest BCUT2D eigenvalue weighted by molar-refractivity contribution is 0.395. The second-order valence-corrected chi connectivity index (χ2v) is 8.89. The molecule has 0 heterocycles. The molecule has 0 bridgehead atoms. The molecule has 0 atom stereocenters. The topological polar surface area (TPSA) is 58.2 Å². The van der Waals surface area contributed by atoms with Crippen molar-refractivity contribution in [1.29, 1.82) is 0 Å². The summed E-state index contributed by atoms with van der Waals surface area (Å²) in [5.74, 6) is 0.230. The van der Waals surface area contributed by atoms with E-state index in [-0.39, 0.29) is 10.5 Å². The SMILES string of the molecule is CCCNCCCS(=O)(=O)NCC1(SC)CCCCC1. The van der Waals surface area contributed by atoms with Crippen LogP contribution in [-0.2, 0) is 10.0 Å². The molecule has 0 unspecified atom stereocenters. The molecule has 6 heteroatoms. The summed E-state index contributed by atoms with van der Waals surface area (Å²) in [5, 5.41) is 3.24. The Kier molecular flexibility index (Phi) is 8.48. The molecule has 0 aliphatic heterocycles. The predicted octanol–water partition coefficient (Wildman–Crippen LogP) is 2.36. The Hall–Kier alpha value is 0.220. The van der Waals surface area contributed by atoms with E-state index in [0.717, 1.165) is 32.4 Å². The maximum absolute atomic E-state index is 12.0.